The van der Waals surface area contributed by atoms with Gasteiger partial charge in [-0.1, -0.05) is 12.1 Å². The minimum atomic E-state index is -1.41. The van der Waals surface area contributed by atoms with Gasteiger partial charge in [-0.2, -0.15) is 0 Å². The van der Waals surface area contributed by atoms with E-state index in [1.165, 1.54) is 24.4 Å². The number of carbonyl (C=O) groups is 2. The summed E-state index contributed by atoms with van der Waals surface area (Å²) in [6.07, 6.45) is 0. The minimum Gasteiger partial charge on any atom is -0.492 e. The van der Waals surface area contributed by atoms with Crippen LogP contribution in [0.2, 0.25) is 0 Å². The summed E-state index contributed by atoms with van der Waals surface area (Å²) in [5.74, 6) is -4.85. The molecule has 27 heavy (non-hydrogen) atoms. The van der Waals surface area contributed by atoms with Crippen molar-refractivity contribution in [1.82, 2.24) is 4.98 Å². The molecule has 0 saturated carbocycles. The zero-order valence-electron chi connectivity index (χ0n) is 14.0. The Kier molecular flexibility index (Phi) is 4.94. The average molecular weight is 410 g/mol. The lowest BCUT2D eigenvalue weighted by molar-refractivity contribution is 0.0699. The molecule has 2 heterocycles. The van der Waals surface area contributed by atoms with E-state index in [1.807, 2.05) is 0 Å². The Morgan fingerprint density at radius 3 is 2.44 bits per heavy atom. The van der Waals surface area contributed by atoms with Gasteiger partial charge >= 0.3 is 5.97 Å². The molecule has 3 aromatic rings. The van der Waals surface area contributed by atoms with Crippen LogP contribution in [0.3, 0.4) is 0 Å². The number of thiazole rings is 1. The van der Waals surface area contributed by atoms with E-state index in [0.717, 1.165) is 22.7 Å². The van der Waals surface area contributed by atoms with Crippen molar-refractivity contribution in [3.8, 4) is 17.0 Å². The summed E-state index contributed by atoms with van der Waals surface area (Å²) in [5, 5.41) is 23.3. The predicted octanol–water partition coefficient (Wildman–Crippen LogP) is 4.42. The number of carboxylic acids is 1. The molecule has 0 unspecified atom stereocenters. The van der Waals surface area contributed by atoms with Gasteiger partial charge in [-0.15, -0.1) is 22.7 Å². The fourth-order valence-electron chi connectivity index (χ4n) is 2.44. The second-order valence-electron chi connectivity index (χ2n) is 5.56. The largest absolute Gasteiger partial charge is 0.492 e. The lowest BCUT2D eigenvalue weighted by atomic mass is 10.0. The average Bonchev–Trinajstić information content (AvgIpc) is 3.15. The highest BCUT2D eigenvalue weighted by Crippen LogP contribution is 2.38. The molecule has 3 rings (SSSR count). The standard InChI is InChI=1S/C17H12F2N2O4S2/c1-6-3-4-8(12(19)11(6)18)9-5-26-16(10(9)17(24)25)21-15(23)13-14(22)20-7(2)27-13/h3-5,22H,1-2H3,(H,21,23)(H,24,25). The molecule has 0 spiro atoms. The quantitative estimate of drug-likeness (QED) is 0.591. The van der Waals surface area contributed by atoms with Crippen LogP contribution in [0.25, 0.3) is 11.1 Å². The number of nitrogens with zero attached hydrogens (tertiary/aromatic N) is 1. The number of amides is 1. The van der Waals surface area contributed by atoms with E-state index in [1.54, 1.807) is 6.92 Å². The van der Waals surface area contributed by atoms with Crippen LogP contribution in [0.5, 0.6) is 5.88 Å². The maximum absolute atomic E-state index is 14.3. The Morgan fingerprint density at radius 1 is 1.15 bits per heavy atom. The van der Waals surface area contributed by atoms with Crippen molar-refractivity contribution in [2.45, 2.75) is 13.8 Å². The van der Waals surface area contributed by atoms with Crippen LogP contribution in [0.15, 0.2) is 17.5 Å². The fourth-order valence-corrected chi connectivity index (χ4v) is 4.09. The highest BCUT2D eigenvalue weighted by molar-refractivity contribution is 7.16. The molecule has 0 aliphatic rings. The number of carboxylic acid groups (broad SMARTS) is 1. The minimum absolute atomic E-state index is 0.0519. The summed E-state index contributed by atoms with van der Waals surface area (Å²) >= 11 is 1.79. The van der Waals surface area contributed by atoms with E-state index >= 15 is 0 Å². The van der Waals surface area contributed by atoms with Gasteiger partial charge in [0.2, 0.25) is 5.88 Å². The zero-order chi connectivity index (χ0) is 19.9. The molecule has 6 nitrogen and oxygen atoms in total. The number of benzene rings is 1. The summed E-state index contributed by atoms with van der Waals surface area (Å²) in [6.45, 7) is 2.99. The van der Waals surface area contributed by atoms with E-state index in [2.05, 4.69) is 10.3 Å². The van der Waals surface area contributed by atoms with E-state index in [0.29, 0.717) is 5.01 Å². The first-order valence-corrected chi connectivity index (χ1v) is 9.17. The number of aromatic hydroxyl groups is 1. The number of thiophene rings is 1. The number of hydrogen-bond acceptors (Lipinski definition) is 6. The number of hydrogen-bond donors (Lipinski definition) is 3. The topological polar surface area (TPSA) is 99.5 Å². The Balaban J connectivity index is 2.04. The second kappa shape index (κ2) is 7.05. The van der Waals surface area contributed by atoms with Gasteiger partial charge in [-0.25, -0.2) is 18.6 Å². The highest BCUT2D eigenvalue weighted by atomic mass is 32.1. The number of aryl methyl sites for hydroxylation is 2. The summed E-state index contributed by atoms with van der Waals surface area (Å²) in [7, 11) is 0. The maximum atomic E-state index is 14.3. The molecule has 140 valence electrons. The number of carbonyl (C=O) groups excluding carboxylic acids is 1. The van der Waals surface area contributed by atoms with Gasteiger partial charge in [0, 0.05) is 16.5 Å². The zero-order valence-corrected chi connectivity index (χ0v) is 15.6. The van der Waals surface area contributed by atoms with Crippen molar-refractivity contribution >= 4 is 39.6 Å². The molecule has 2 aromatic heterocycles. The summed E-state index contributed by atoms with van der Waals surface area (Å²) in [6, 6.07) is 2.62. The SMILES string of the molecule is Cc1nc(O)c(C(=O)Nc2scc(-c3ccc(C)c(F)c3F)c2C(=O)O)s1. The van der Waals surface area contributed by atoms with Gasteiger partial charge in [0.05, 0.1) is 5.01 Å². The van der Waals surface area contributed by atoms with E-state index in [-0.39, 0.29) is 32.1 Å². The van der Waals surface area contributed by atoms with Crippen LogP contribution in [0.1, 0.15) is 30.6 Å². The molecule has 0 fully saturated rings. The molecular formula is C17H12F2N2O4S2. The first-order chi connectivity index (χ1) is 12.7. The first-order valence-electron chi connectivity index (χ1n) is 7.48. The van der Waals surface area contributed by atoms with Crippen LogP contribution in [-0.2, 0) is 0 Å². The van der Waals surface area contributed by atoms with Crippen LogP contribution in [0, 0.1) is 25.5 Å². The van der Waals surface area contributed by atoms with Gasteiger partial charge in [0.25, 0.3) is 5.91 Å². The number of anilines is 1. The van der Waals surface area contributed by atoms with Crippen LogP contribution < -0.4 is 5.32 Å². The molecule has 0 aliphatic heterocycles. The van der Waals surface area contributed by atoms with Crippen molar-refractivity contribution in [3.05, 3.63) is 50.2 Å². The molecule has 1 aromatic carbocycles. The molecule has 0 atom stereocenters. The van der Waals surface area contributed by atoms with Crippen molar-refractivity contribution < 1.29 is 28.6 Å². The predicted molar refractivity (Wildman–Crippen MR) is 97.8 cm³/mol. The molecule has 0 aliphatic carbocycles. The van der Waals surface area contributed by atoms with Gasteiger partial charge < -0.3 is 15.5 Å². The molecule has 1 amide bonds. The fraction of sp³-hybridized carbons (Fsp3) is 0.118. The lowest BCUT2D eigenvalue weighted by Gasteiger charge is -2.07. The normalized spacial score (nSPS) is 10.8. The van der Waals surface area contributed by atoms with E-state index in [9.17, 15) is 28.6 Å². The van der Waals surface area contributed by atoms with Gasteiger partial charge in [0.15, 0.2) is 16.5 Å². The van der Waals surface area contributed by atoms with E-state index in [4.69, 9.17) is 0 Å². The molecule has 0 bridgehead atoms. The number of nitrogens with one attached hydrogen (secondary N) is 1. The summed E-state index contributed by atoms with van der Waals surface area (Å²) < 4.78 is 28.2. The number of aromatic carboxylic acids is 1. The number of rotatable bonds is 4. The van der Waals surface area contributed by atoms with Crippen LogP contribution in [-0.4, -0.2) is 27.1 Å². The van der Waals surface area contributed by atoms with Crippen molar-refractivity contribution in [2.75, 3.05) is 5.32 Å². The monoisotopic (exact) mass is 410 g/mol. The lowest BCUT2D eigenvalue weighted by Crippen LogP contribution is -2.12. The summed E-state index contributed by atoms with van der Waals surface area (Å²) in [5.41, 5.74) is -0.545. The van der Waals surface area contributed by atoms with Gasteiger partial charge in [0.1, 0.15) is 10.6 Å². The van der Waals surface area contributed by atoms with Crippen LogP contribution >= 0.6 is 22.7 Å². The Morgan fingerprint density at radius 2 is 1.85 bits per heavy atom. The van der Waals surface area contributed by atoms with Gasteiger partial charge in [-0.3, -0.25) is 4.79 Å². The van der Waals surface area contributed by atoms with Gasteiger partial charge in [-0.05, 0) is 19.4 Å². The van der Waals surface area contributed by atoms with E-state index < -0.39 is 29.4 Å². The number of aromatic nitrogens is 1. The smallest absolute Gasteiger partial charge is 0.339 e. The second-order valence-corrected chi connectivity index (χ2v) is 7.64. The highest BCUT2D eigenvalue weighted by Gasteiger charge is 2.26. The summed E-state index contributed by atoms with van der Waals surface area (Å²) in [4.78, 5) is 27.7. The first kappa shape index (κ1) is 18.9. The van der Waals surface area contributed by atoms with Crippen molar-refractivity contribution in [2.24, 2.45) is 0 Å². The third kappa shape index (κ3) is 3.40. The molecule has 10 heteroatoms. The Bertz CT molecular complexity index is 1080. The third-order valence-electron chi connectivity index (χ3n) is 3.72. The number of halogens is 2. The molecule has 0 saturated heterocycles. The maximum Gasteiger partial charge on any atom is 0.339 e. The molecule has 0 radical (unpaired) electrons. The Labute approximate surface area is 159 Å². The van der Waals surface area contributed by atoms with Crippen LogP contribution in [0.4, 0.5) is 13.8 Å². The Hall–Kier alpha value is -2.85. The van der Waals surface area contributed by atoms with Crippen molar-refractivity contribution in [1.29, 1.82) is 0 Å². The third-order valence-corrected chi connectivity index (χ3v) is 5.57. The molecule has 3 N–H and O–H groups in total. The van der Waals surface area contributed by atoms with Crippen molar-refractivity contribution in [3.63, 3.8) is 0 Å². The molecular weight excluding hydrogens is 398 g/mol.